The van der Waals surface area contributed by atoms with E-state index >= 15 is 0 Å². The van der Waals surface area contributed by atoms with E-state index in [-0.39, 0.29) is 0 Å². The summed E-state index contributed by atoms with van der Waals surface area (Å²) >= 11 is 7.72. The smallest absolute Gasteiger partial charge is 0.0292 e. The number of alkyl halides is 2. The average molecular weight is 410 g/mol. The highest BCUT2D eigenvalue weighted by atomic mass is 79.9. The minimum atomic E-state index is 0.473. The monoisotopic (exact) mass is 408 g/mol. The second kappa shape index (κ2) is 9.87. The maximum atomic E-state index is 3.98. The standard InChI is InChI=1S/C18H34Br2/c1-4-6-7-10-13-16-17(18(16,3)20)14-11-8-9-12-15(19)5-2/h15-17H,4-14H2,1-3H3. The zero-order valence-corrected chi connectivity index (χ0v) is 16.9. The molecule has 20 heavy (non-hydrogen) atoms. The molecule has 0 aliphatic heterocycles. The average Bonchev–Trinajstić information content (AvgIpc) is 2.94. The van der Waals surface area contributed by atoms with Crippen molar-refractivity contribution in [1.82, 2.24) is 0 Å². The molecule has 0 aromatic rings. The van der Waals surface area contributed by atoms with E-state index in [4.69, 9.17) is 0 Å². The summed E-state index contributed by atoms with van der Waals surface area (Å²) in [7, 11) is 0. The first-order valence-electron chi connectivity index (χ1n) is 8.87. The Morgan fingerprint density at radius 1 is 0.900 bits per heavy atom. The van der Waals surface area contributed by atoms with Crippen molar-refractivity contribution in [2.75, 3.05) is 0 Å². The third kappa shape index (κ3) is 6.38. The van der Waals surface area contributed by atoms with Gasteiger partial charge in [-0.05, 0) is 44.4 Å². The van der Waals surface area contributed by atoms with Crippen LogP contribution in [-0.4, -0.2) is 9.15 Å². The topological polar surface area (TPSA) is 0 Å². The van der Waals surface area contributed by atoms with Gasteiger partial charge in [0.15, 0.2) is 0 Å². The third-order valence-electron chi connectivity index (χ3n) is 5.17. The maximum absolute atomic E-state index is 3.98. The molecule has 0 bridgehead atoms. The Kier molecular flexibility index (Phi) is 9.38. The molecule has 0 aromatic carbocycles. The Morgan fingerprint density at radius 3 is 1.95 bits per heavy atom. The van der Waals surface area contributed by atoms with E-state index in [0.717, 1.165) is 16.7 Å². The zero-order valence-electron chi connectivity index (χ0n) is 13.8. The summed E-state index contributed by atoms with van der Waals surface area (Å²) in [6.07, 6.45) is 15.4. The van der Waals surface area contributed by atoms with Crippen molar-refractivity contribution in [3.63, 3.8) is 0 Å². The first kappa shape index (κ1) is 19.0. The van der Waals surface area contributed by atoms with Crippen LogP contribution in [-0.2, 0) is 0 Å². The van der Waals surface area contributed by atoms with Crippen molar-refractivity contribution >= 4 is 31.9 Å². The second-order valence-electron chi connectivity index (χ2n) is 6.86. The molecule has 0 heterocycles. The van der Waals surface area contributed by atoms with Crippen LogP contribution in [0.5, 0.6) is 0 Å². The number of unbranched alkanes of at least 4 members (excludes halogenated alkanes) is 5. The minimum Gasteiger partial charge on any atom is -0.0891 e. The molecule has 0 amide bonds. The van der Waals surface area contributed by atoms with Gasteiger partial charge in [0.2, 0.25) is 0 Å². The molecule has 4 unspecified atom stereocenters. The van der Waals surface area contributed by atoms with Crippen molar-refractivity contribution < 1.29 is 0 Å². The zero-order chi connectivity index (χ0) is 15.0. The Morgan fingerprint density at radius 2 is 1.45 bits per heavy atom. The van der Waals surface area contributed by atoms with Gasteiger partial charge in [-0.2, -0.15) is 0 Å². The van der Waals surface area contributed by atoms with Crippen molar-refractivity contribution in [3.8, 4) is 0 Å². The molecule has 1 saturated carbocycles. The van der Waals surface area contributed by atoms with Crippen molar-refractivity contribution in [2.45, 2.75) is 101 Å². The van der Waals surface area contributed by atoms with Crippen LogP contribution in [0.2, 0.25) is 0 Å². The number of hydrogen-bond donors (Lipinski definition) is 0. The molecule has 1 aliphatic carbocycles. The quantitative estimate of drug-likeness (QED) is 0.231. The Bertz CT molecular complexity index is 250. The maximum Gasteiger partial charge on any atom is 0.0292 e. The summed E-state index contributed by atoms with van der Waals surface area (Å²) < 4.78 is 0.473. The van der Waals surface area contributed by atoms with E-state index in [9.17, 15) is 0 Å². The van der Waals surface area contributed by atoms with Gasteiger partial charge in [0, 0.05) is 9.15 Å². The molecular weight excluding hydrogens is 376 g/mol. The van der Waals surface area contributed by atoms with E-state index in [1.165, 1.54) is 70.6 Å². The van der Waals surface area contributed by atoms with Crippen LogP contribution < -0.4 is 0 Å². The highest BCUT2D eigenvalue weighted by Crippen LogP contribution is 2.61. The van der Waals surface area contributed by atoms with E-state index in [2.05, 4.69) is 52.6 Å². The molecule has 0 aromatic heterocycles. The van der Waals surface area contributed by atoms with E-state index in [1.807, 2.05) is 0 Å². The summed E-state index contributed by atoms with van der Waals surface area (Å²) in [6, 6.07) is 0. The summed E-state index contributed by atoms with van der Waals surface area (Å²) in [4.78, 5) is 0.746. The van der Waals surface area contributed by atoms with Gasteiger partial charge in [0.25, 0.3) is 0 Å². The largest absolute Gasteiger partial charge is 0.0891 e. The number of halogens is 2. The highest BCUT2D eigenvalue weighted by Gasteiger charge is 2.57. The van der Waals surface area contributed by atoms with Gasteiger partial charge < -0.3 is 0 Å². The van der Waals surface area contributed by atoms with E-state index in [0.29, 0.717) is 4.32 Å². The van der Waals surface area contributed by atoms with E-state index in [1.54, 1.807) is 0 Å². The lowest BCUT2D eigenvalue weighted by Crippen LogP contribution is -1.96. The van der Waals surface area contributed by atoms with Crippen LogP contribution in [0.15, 0.2) is 0 Å². The van der Waals surface area contributed by atoms with Crippen LogP contribution in [0.3, 0.4) is 0 Å². The predicted molar refractivity (Wildman–Crippen MR) is 99.2 cm³/mol. The molecule has 0 nitrogen and oxygen atoms in total. The molecule has 4 atom stereocenters. The SMILES string of the molecule is CCCCCCC1C(CCCCCC(Br)CC)C1(C)Br. The normalized spacial score (nSPS) is 30.4. The molecule has 0 radical (unpaired) electrons. The van der Waals surface area contributed by atoms with Gasteiger partial charge >= 0.3 is 0 Å². The van der Waals surface area contributed by atoms with Gasteiger partial charge in [-0.25, -0.2) is 0 Å². The van der Waals surface area contributed by atoms with E-state index < -0.39 is 0 Å². The first-order valence-corrected chi connectivity index (χ1v) is 10.6. The van der Waals surface area contributed by atoms with Crippen LogP contribution in [0.25, 0.3) is 0 Å². The van der Waals surface area contributed by atoms with Crippen LogP contribution in [0.4, 0.5) is 0 Å². The van der Waals surface area contributed by atoms with Gasteiger partial charge in [0.05, 0.1) is 0 Å². The van der Waals surface area contributed by atoms with Crippen LogP contribution in [0.1, 0.15) is 91.4 Å². The van der Waals surface area contributed by atoms with Crippen molar-refractivity contribution in [1.29, 1.82) is 0 Å². The van der Waals surface area contributed by atoms with Gasteiger partial charge in [-0.3, -0.25) is 0 Å². The Labute approximate surface area is 144 Å². The third-order valence-corrected chi connectivity index (χ3v) is 7.45. The lowest BCUT2D eigenvalue weighted by Gasteiger charge is -2.06. The Hall–Kier alpha value is 0.960. The molecular formula is C18H34Br2. The fourth-order valence-electron chi connectivity index (χ4n) is 3.53. The number of rotatable bonds is 12. The molecule has 1 fully saturated rings. The van der Waals surface area contributed by atoms with Gasteiger partial charge in [-0.1, -0.05) is 90.7 Å². The minimum absolute atomic E-state index is 0.473. The van der Waals surface area contributed by atoms with Crippen molar-refractivity contribution in [2.24, 2.45) is 11.8 Å². The predicted octanol–water partition coefficient (Wildman–Crippen LogP) is 7.48. The Balaban J connectivity index is 2.05. The molecule has 1 rings (SSSR count). The fraction of sp³-hybridized carbons (Fsp3) is 1.00. The summed E-state index contributed by atoms with van der Waals surface area (Å²) in [5, 5.41) is 0. The van der Waals surface area contributed by atoms with Gasteiger partial charge in [0.1, 0.15) is 0 Å². The lowest BCUT2D eigenvalue weighted by atomic mass is 10.0. The molecule has 120 valence electrons. The fourth-order valence-corrected chi connectivity index (χ4v) is 4.82. The van der Waals surface area contributed by atoms with Gasteiger partial charge in [-0.15, -0.1) is 0 Å². The molecule has 2 heteroatoms. The lowest BCUT2D eigenvalue weighted by molar-refractivity contribution is 0.523. The molecule has 0 saturated heterocycles. The van der Waals surface area contributed by atoms with Crippen LogP contribution in [0, 0.1) is 11.8 Å². The van der Waals surface area contributed by atoms with Crippen LogP contribution >= 0.6 is 31.9 Å². The summed E-state index contributed by atoms with van der Waals surface area (Å²) in [5.74, 6) is 1.91. The summed E-state index contributed by atoms with van der Waals surface area (Å²) in [6.45, 7) is 6.99. The summed E-state index contributed by atoms with van der Waals surface area (Å²) in [5.41, 5.74) is 0. The van der Waals surface area contributed by atoms with Crippen molar-refractivity contribution in [3.05, 3.63) is 0 Å². The molecule has 0 N–H and O–H groups in total. The number of hydrogen-bond acceptors (Lipinski definition) is 0. The second-order valence-corrected chi connectivity index (χ2v) is 9.86. The first-order chi connectivity index (χ1) is 9.54. The molecule has 0 spiro atoms. The highest BCUT2D eigenvalue weighted by molar-refractivity contribution is 9.10. The molecule has 1 aliphatic rings.